The number of benzene rings is 1. The lowest BCUT2D eigenvalue weighted by atomic mass is 10.1. The second kappa shape index (κ2) is 4.63. The van der Waals surface area contributed by atoms with Crippen LogP contribution in [0, 0.1) is 0 Å². The van der Waals surface area contributed by atoms with Crippen molar-refractivity contribution in [2.24, 2.45) is 0 Å². The highest BCUT2D eigenvalue weighted by Crippen LogP contribution is 2.12. The van der Waals surface area contributed by atoms with Gasteiger partial charge in [0, 0.05) is 4.47 Å². The van der Waals surface area contributed by atoms with Gasteiger partial charge in [-0.25, -0.2) is 0 Å². The molecule has 0 fully saturated rings. The van der Waals surface area contributed by atoms with E-state index in [2.05, 4.69) is 28.1 Å². The zero-order valence-electron chi connectivity index (χ0n) is 7.13. The molecule has 1 aromatic rings. The van der Waals surface area contributed by atoms with Gasteiger partial charge in [0.25, 0.3) is 0 Å². The minimum Gasteiger partial charge on any atom is -0.393 e. The van der Waals surface area contributed by atoms with E-state index < -0.39 is 0 Å². The van der Waals surface area contributed by atoms with Crippen LogP contribution in [0.5, 0.6) is 0 Å². The van der Waals surface area contributed by atoms with Crippen LogP contribution in [0.1, 0.15) is 18.9 Å². The fourth-order valence-corrected chi connectivity index (χ4v) is 1.29. The van der Waals surface area contributed by atoms with Gasteiger partial charge in [-0.05, 0) is 37.5 Å². The monoisotopic (exact) mass is 228 g/mol. The maximum Gasteiger partial charge on any atom is 0.0515 e. The zero-order chi connectivity index (χ0) is 8.97. The summed E-state index contributed by atoms with van der Waals surface area (Å²) >= 11 is 3.38. The number of halogens is 1. The molecule has 1 aromatic carbocycles. The molecule has 1 N–H and O–H groups in total. The van der Waals surface area contributed by atoms with E-state index in [9.17, 15) is 0 Å². The molecule has 0 saturated heterocycles. The smallest absolute Gasteiger partial charge is 0.0515 e. The number of hydrogen-bond acceptors (Lipinski definition) is 1. The van der Waals surface area contributed by atoms with E-state index in [1.165, 1.54) is 5.56 Å². The fraction of sp³-hybridized carbons (Fsp3) is 0.400. The van der Waals surface area contributed by atoms with Crippen LogP contribution in [-0.2, 0) is 6.42 Å². The maximum atomic E-state index is 9.06. The summed E-state index contributed by atoms with van der Waals surface area (Å²) in [5.41, 5.74) is 1.28. The van der Waals surface area contributed by atoms with Crippen molar-refractivity contribution in [2.75, 3.05) is 0 Å². The number of aliphatic hydroxyl groups is 1. The molecule has 0 amide bonds. The molecule has 0 aromatic heterocycles. The van der Waals surface area contributed by atoms with Crippen LogP contribution in [0.4, 0.5) is 0 Å². The first-order chi connectivity index (χ1) is 5.68. The molecule has 0 radical (unpaired) electrons. The Balaban J connectivity index is 2.48. The molecule has 1 atom stereocenters. The molecule has 0 bridgehead atoms. The van der Waals surface area contributed by atoms with Crippen LogP contribution in [0.3, 0.4) is 0 Å². The molecule has 1 rings (SSSR count). The van der Waals surface area contributed by atoms with Crippen LogP contribution < -0.4 is 0 Å². The Morgan fingerprint density at radius 3 is 2.42 bits per heavy atom. The maximum absolute atomic E-state index is 9.06. The van der Waals surface area contributed by atoms with Gasteiger partial charge in [0.1, 0.15) is 0 Å². The summed E-state index contributed by atoms with van der Waals surface area (Å²) in [6.07, 6.45) is 1.58. The largest absolute Gasteiger partial charge is 0.393 e. The van der Waals surface area contributed by atoms with E-state index in [1.807, 2.05) is 19.1 Å². The Labute approximate surface area is 81.6 Å². The summed E-state index contributed by atoms with van der Waals surface area (Å²) in [7, 11) is 0. The fourth-order valence-electron chi connectivity index (χ4n) is 1.03. The van der Waals surface area contributed by atoms with Gasteiger partial charge in [0.05, 0.1) is 6.10 Å². The standard InChI is InChI=1S/C10H13BrO/c1-8(12)2-3-9-4-6-10(11)7-5-9/h4-8,12H,2-3H2,1H3. The Bertz CT molecular complexity index is 228. The third-order valence-corrected chi connectivity index (χ3v) is 2.29. The van der Waals surface area contributed by atoms with Crippen molar-refractivity contribution >= 4 is 15.9 Å². The Morgan fingerprint density at radius 1 is 1.33 bits per heavy atom. The SMILES string of the molecule is CC(O)CCc1ccc(Br)cc1. The van der Waals surface area contributed by atoms with Gasteiger partial charge >= 0.3 is 0 Å². The number of rotatable bonds is 3. The molecule has 2 heteroatoms. The minimum absolute atomic E-state index is 0.200. The molecule has 0 aliphatic rings. The molecule has 1 nitrogen and oxygen atoms in total. The Kier molecular flexibility index (Phi) is 3.76. The molecule has 0 saturated carbocycles. The molecule has 66 valence electrons. The van der Waals surface area contributed by atoms with Crippen molar-refractivity contribution in [3.63, 3.8) is 0 Å². The normalized spacial score (nSPS) is 12.9. The highest BCUT2D eigenvalue weighted by atomic mass is 79.9. The second-order valence-corrected chi connectivity index (χ2v) is 3.93. The number of aliphatic hydroxyl groups excluding tert-OH is 1. The van der Waals surface area contributed by atoms with E-state index in [-0.39, 0.29) is 6.10 Å². The summed E-state index contributed by atoms with van der Waals surface area (Å²) in [4.78, 5) is 0. The second-order valence-electron chi connectivity index (χ2n) is 3.01. The summed E-state index contributed by atoms with van der Waals surface area (Å²) in [6, 6.07) is 8.20. The predicted octanol–water partition coefficient (Wildman–Crippen LogP) is 2.76. The Morgan fingerprint density at radius 2 is 1.92 bits per heavy atom. The first kappa shape index (κ1) is 9.75. The highest BCUT2D eigenvalue weighted by Gasteiger charge is 1.97. The van der Waals surface area contributed by atoms with Crippen LogP contribution >= 0.6 is 15.9 Å². The van der Waals surface area contributed by atoms with Gasteiger partial charge in [-0.1, -0.05) is 28.1 Å². The molecule has 0 aliphatic heterocycles. The third kappa shape index (κ3) is 3.37. The van der Waals surface area contributed by atoms with Gasteiger partial charge in [-0.3, -0.25) is 0 Å². The zero-order valence-corrected chi connectivity index (χ0v) is 8.71. The number of hydrogen-bond donors (Lipinski definition) is 1. The quantitative estimate of drug-likeness (QED) is 0.844. The Hall–Kier alpha value is -0.340. The summed E-state index contributed by atoms with van der Waals surface area (Å²) in [5, 5.41) is 9.06. The van der Waals surface area contributed by atoms with Crippen molar-refractivity contribution in [2.45, 2.75) is 25.9 Å². The lowest BCUT2D eigenvalue weighted by Gasteiger charge is -2.03. The molecule has 12 heavy (non-hydrogen) atoms. The van der Waals surface area contributed by atoms with Crippen molar-refractivity contribution in [3.05, 3.63) is 34.3 Å². The molecule has 0 heterocycles. The van der Waals surface area contributed by atoms with Crippen LogP contribution in [0.25, 0.3) is 0 Å². The van der Waals surface area contributed by atoms with Crippen molar-refractivity contribution in [3.8, 4) is 0 Å². The van der Waals surface area contributed by atoms with Gasteiger partial charge in [-0.15, -0.1) is 0 Å². The van der Waals surface area contributed by atoms with Crippen LogP contribution in [0.2, 0.25) is 0 Å². The van der Waals surface area contributed by atoms with Crippen molar-refractivity contribution < 1.29 is 5.11 Å². The summed E-state index contributed by atoms with van der Waals surface area (Å²) in [5.74, 6) is 0. The average Bonchev–Trinajstić information content (AvgIpc) is 2.03. The topological polar surface area (TPSA) is 20.2 Å². The first-order valence-corrected chi connectivity index (χ1v) is 4.90. The third-order valence-electron chi connectivity index (χ3n) is 1.76. The van der Waals surface area contributed by atoms with Gasteiger partial charge in [0.15, 0.2) is 0 Å². The van der Waals surface area contributed by atoms with Crippen LogP contribution in [-0.4, -0.2) is 11.2 Å². The molecule has 1 unspecified atom stereocenters. The van der Waals surface area contributed by atoms with Crippen molar-refractivity contribution in [1.29, 1.82) is 0 Å². The molecular formula is C10H13BrO. The van der Waals surface area contributed by atoms with E-state index in [0.29, 0.717) is 0 Å². The van der Waals surface area contributed by atoms with Gasteiger partial charge in [0.2, 0.25) is 0 Å². The summed E-state index contributed by atoms with van der Waals surface area (Å²) in [6.45, 7) is 1.82. The average molecular weight is 229 g/mol. The number of aryl methyl sites for hydroxylation is 1. The van der Waals surface area contributed by atoms with Gasteiger partial charge < -0.3 is 5.11 Å². The van der Waals surface area contributed by atoms with E-state index in [0.717, 1.165) is 17.3 Å². The van der Waals surface area contributed by atoms with Crippen LogP contribution in [0.15, 0.2) is 28.7 Å². The van der Waals surface area contributed by atoms with Gasteiger partial charge in [-0.2, -0.15) is 0 Å². The minimum atomic E-state index is -0.200. The lowest BCUT2D eigenvalue weighted by molar-refractivity contribution is 0.185. The summed E-state index contributed by atoms with van der Waals surface area (Å²) < 4.78 is 1.10. The molecular weight excluding hydrogens is 216 g/mol. The highest BCUT2D eigenvalue weighted by molar-refractivity contribution is 9.10. The first-order valence-electron chi connectivity index (χ1n) is 4.11. The molecule has 0 aliphatic carbocycles. The molecule has 0 spiro atoms. The lowest BCUT2D eigenvalue weighted by Crippen LogP contribution is -2.00. The van der Waals surface area contributed by atoms with E-state index in [4.69, 9.17) is 5.11 Å². The van der Waals surface area contributed by atoms with Crippen molar-refractivity contribution in [1.82, 2.24) is 0 Å². The predicted molar refractivity (Wildman–Crippen MR) is 54.1 cm³/mol. The van der Waals surface area contributed by atoms with E-state index >= 15 is 0 Å². The van der Waals surface area contributed by atoms with E-state index in [1.54, 1.807) is 0 Å².